The Bertz CT molecular complexity index is 1530. The molecule has 9 unspecified atom stereocenters. The number of carbonyl (C=O) groups is 1. The lowest BCUT2D eigenvalue weighted by atomic mass is 9.98. The van der Waals surface area contributed by atoms with Gasteiger partial charge in [0, 0.05) is 0 Å². The van der Waals surface area contributed by atoms with Gasteiger partial charge in [-0.05, 0) is 64.2 Å². The van der Waals surface area contributed by atoms with Gasteiger partial charge in [0.2, 0.25) is 5.91 Å². The van der Waals surface area contributed by atoms with Crippen molar-refractivity contribution in [3.05, 3.63) is 36.5 Å². The predicted molar refractivity (Wildman–Crippen MR) is 372 cm³/mol. The molecule has 1 heterocycles. The Labute approximate surface area is 543 Å². The van der Waals surface area contributed by atoms with Gasteiger partial charge in [0.1, 0.15) is 36.6 Å². The molecule has 9 atom stereocenters. The zero-order valence-corrected chi connectivity index (χ0v) is 57.7. The first-order chi connectivity index (χ1) is 43.2. The van der Waals surface area contributed by atoms with Crippen molar-refractivity contribution < 1.29 is 50.0 Å². The Balaban J connectivity index is 2.19. The molecule has 0 radical (unpaired) electrons. The second kappa shape index (κ2) is 65.4. The Morgan fingerprint density at radius 2 is 0.682 bits per heavy atom. The SMILES string of the molecule is CCCCCCCCCCCCCCCCCCC/C=C/CC/C=C/CC/C=C/CCCC(O)C(O)C(COC1OC(CO)C(O)C(O)C1O)NC(=O)C(O)CCCCCCCCCCCCCCCCCCCCCCCCCCCCCCCCC. The van der Waals surface area contributed by atoms with Gasteiger partial charge in [0.15, 0.2) is 6.29 Å². The molecule has 1 fully saturated rings. The van der Waals surface area contributed by atoms with E-state index in [1.807, 2.05) is 0 Å². The van der Waals surface area contributed by atoms with Crippen LogP contribution >= 0.6 is 0 Å². The molecule has 520 valence electrons. The Morgan fingerprint density at radius 3 is 1.01 bits per heavy atom. The van der Waals surface area contributed by atoms with Gasteiger partial charge in [-0.2, -0.15) is 0 Å². The number of allylic oxidation sites excluding steroid dienone is 6. The number of ether oxygens (including phenoxy) is 2. The summed E-state index contributed by atoms with van der Waals surface area (Å²) in [6.45, 7) is 3.50. The second-order valence-electron chi connectivity index (χ2n) is 27.1. The molecule has 1 rings (SSSR count). The third kappa shape index (κ3) is 51.8. The number of hydrogen-bond donors (Lipinski definition) is 8. The molecule has 0 saturated carbocycles. The highest BCUT2D eigenvalue weighted by Crippen LogP contribution is 2.24. The first-order valence-electron chi connectivity index (χ1n) is 38.4. The summed E-state index contributed by atoms with van der Waals surface area (Å²) < 4.78 is 11.2. The Kier molecular flexibility index (Phi) is 62.7. The van der Waals surface area contributed by atoms with Crippen molar-refractivity contribution in [2.24, 2.45) is 0 Å². The summed E-state index contributed by atoms with van der Waals surface area (Å²) in [5, 5.41) is 76.6. The zero-order chi connectivity index (χ0) is 63.9. The van der Waals surface area contributed by atoms with Crippen molar-refractivity contribution in [3.63, 3.8) is 0 Å². The quantitative estimate of drug-likeness (QED) is 0.0215. The summed E-state index contributed by atoms with van der Waals surface area (Å²) in [5.74, 6) is -0.705. The number of unbranched alkanes of at least 4 members (excludes halogenated alkanes) is 50. The van der Waals surface area contributed by atoms with Crippen LogP contribution in [0, 0.1) is 0 Å². The van der Waals surface area contributed by atoms with E-state index in [-0.39, 0.29) is 12.8 Å². The van der Waals surface area contributed by atoms with Crippen molar-refractivity contribution in [1.82, 2.24) is 5.32 Å². The Morgan fingerprint density at radius 1 is 0.386 bits per heavy atom. The van der Waals surface area contributed by atoms with Crippen molar-refractivity contribution in [2.75, 3.05) is 13.2 Å². The van der Waals surface area contributed by atoms with Crippen LogP contribution < -0.4 is 5.32 Å². The van der Waals surface area contributed by atoms with E-state index in [9.17, 15) is 40.5 Å². The normalized spacial score (nSPS) is 18.8. The minimum Gasteiger partial charge on any atom is -0.394 e. The van der Waals surface area contributed by atoms with Crippen molar-refractivity contribution in [1.29, 1.82) is 0 Å². The zero-order valence-electron chi connectivity index (χ0n) is 57.7. The molecule has 0 aliphatic carbocycles. The molecule has 0 aromatic carbocycles. The van der Waals surface area contributed by atoms with Crippen LogP contribution in [-0.4, -0.2) is 110 Å². The molecule has 1 aliphatic rings. The summed E-state index contributed by atoms with van der Waals surface area (Å²) in [6, 6.07) is -1.20. The van der Waals surface area contributed by atoms with Crippen LogP contribution in [0.25, 0.3) is 0 Å². The number of nitrogens with one attached hydrogen (secondary N) is 1. The highest BCUT2D eigenvalue weighted by atomic mass is 16.7. The van der Waals surface area contributed by atoms with E-state index in [0.29, 0.717) is 19.3 Å². The van der Waals surface area contributed by atoms with Gasteiger partial charge >= 0.3 is 0 Å². The summed E-state index contributed by atoms with van der Waals surface area (Å²) in [7, 11) is 0. The molecule has 1 saturated heterocycles. The maximum absolute atomic E-state index is 13.3. The van der Waals surface area contributed by atoms with Gasteiger partial charge in [-0.1, -0.05) is 352 Å². The lowest BCUT2D eigenvalue weighted by Gasteiger charge is -2.40. The van der Waals surface area contributed by atoms with Gasteiger partial charge in [-0.15, -0.1) is 0 Å². The average molecular weight is 1250 g/mol. The van der Waals surface area contributed by atoms with E-state index in [0.717, 1.165) is 44.9 Å². The average Bonchev–Trinajstić information content (AvgIpc) is 3.70. The lowest BCUT2D eigenvalue weighted by molar-refractivity contribution is -0.303. The fourth-order valence-corrected chi connectivity index (χ4v) is 12.5. The number of aliphatic hydroxyl groups is 7. The fourth-order valence-electron chi connectivity index (χ4n) is 12.5. The van der Waals surface area contributed by atoms with E-state index < -0.39 is 74.2 Å². The van der Waals surface area contributed by atoms with Gasteiger partial charge in [0.25, 0.3) is 0 Å². The molecule has 0 bridgehead atoms. The number of aliphatic hydroxyl groups excluding tert-OH is 7. The number of carbonyl (C=O) groups excluding carboxylic acids is 1. The third-order valence-electron chi connectivity index (χ3n) is 18.7. The van der Waals surface area contributed by atoms with Crippen LogP contribution in [0.5, 0.6) is 0 Å². The topological polar surface area (TPSA) is 189 Å². The van der Waals surface area contributed by atoms with Gasteiger partial charge < -0.3 is 50.5 Å². The number of hydrogen-bond acceptors (Lipinski definition) is 10. The highest BCUT2D eigenvalue weighted by Gasteiger charge is 2.44. The first-order valence-corrected chi connectivity index (χ1v) is 38.4. The summed E-state index contributed by atoms with van der Waals surface area (Å²) in [6.07, 6.45) is 74.0. The fraction of sp³-hybridized carbons (Fsp3) is 0.909. The van der Waals surface area contributed by atoms with Crippen LogP contribution in [0.2, 0.25) is 0 Å². The maximum Gasteiger partial charge on any atom is 0.249 e. The summed E-state index contributed by atoms with van der Waals surface area (Å²) in [5.41, 5.74) is 0. The van der Waals surface area contributed by atoms with Crippen LogP contribution in [-0.2, 0) is 14.3 Å². The predicted octanol–water partition coefficient (Wildman–Crippen LogP) is 19.3. The third-order valence-corrected chi connectivity index (χ3v) is 18.7. The smallest absolute Gasteiger partial charge is 0.249 e. The molecule has 8 N–H and O–H groups in total. The van der Waals surface area contributed by atoms with Crippen molar-refractivity contribution in [3.8, 4) is 0 Å². The van der Waals surface area contributed by atoms with Gasteiger partial charge in [-0.3, -0.25) is 4.79 Å². The van der Waals surface area contributed by atoms with Crippen LogP contribution in [0.15, 0.2) is 36.5 Å². The minimum absolute atomic E-state index is 0.243. The molecule has 88 heavy (non-hydrogen) atoms. The lowest BCUT2D eigenvalue weighted by Crippen LogP contribution is -2.60. The highest BCUT2D eigenvalue weighted by molar-refractivity contribution is 5.80. The Hall–Kier alpha value is -1.67. The molecule has 0 aromatic rings. The molecule has 0 aromatic heterocycles. The summed E-state index contributed by atoms with van der Waals surface area (Å²) in [4.78, 5) is 13.3. The standard InChI is InChI=1S/C77H147NO10/c1-3-5-7-9-11-13-15-17-19-21-23-25-27-29-31-33-35-37-39-41-43-45-47-49-51-53-55-57-59-61-63-65-70(81)76(86)78-68(67-87-77-75(85)74(84)73(83)71(66-79)88-77)72(82)69(80)64-62-60-58-56-54-52-50-48-46-44-42-40-38-36-34-32-30-28-26-24-22-20-18-16-14-12-10-8-6-4-2/h40,42,48,50,56,58,68-75,77,79-85H,3-39,41,43-47,49,51-55,57,59-67H2,1-2H3,(H,78,86)/b42-40+,50-48+,58-56+. The van der Waals surface area contributed by atoms with Crippen molar-refractivity contribution >= 4 is 5.91 Å². The van der Waals surface area contributed by atoms with E-state index in [1.54, 1.807) is 0 Å². The van der Waals surface area contributed by atoms with Gasteiger partial charge in [0.05, 0.1) is 25.4 Å². The maximum atomic E-state index is 13.3. The molecular weight excluding hydrogens is 1100 g/mol. The van der Waals surface area contributed by atoms with E-state index in [2.05, 4.69) is 55.6 Å². The first kappa shape index (κ1) is 84.3. The number of amides is 1. The van der Waals surface area contributed by atoms with Gasteiger partial charge in [-0.25, -0.2) is 0 Å². The van der Waals surface area contributed by atoms with E-state index >= 15 is 0 Å². The molecule has 11 nitrogen and oxygen atoms in total. The second-order valence-corrected chi connectivity index (χ2v) is 27.1. The summed E-state index contributed by atoms with van der Waals surface area (Å²) >= 11 is 0. The molecule has 1 aliphatic heterocycles. The largest absolute Gasteiger partial charge is 0.394 e. The van der Waals surface area contributed by atoms with Crippen LogP contribution in [0.3, 0.4) is 0 Å². The monoisotopic (exact) mass is 1250 g/mol. The molecule has 0 spiro atoms. The van der Waals surface area contributed by atoms with E-state index in [4.69, 9.17) is 9.47 Å². The van der Waals surface area contributed by atoms with Crippen molar-refractivity contribution in [2.45, 2.75) is 435 Å². The molecule has 11 heteroatoms. The van der Waals surface area contributed by atoms with Crippen LogP contribution in [0.4, 0.5) is 0 Å². The van der Waals surface area contributed by atoms with E-state index in [1.165, 1.54) is 289 Å². The molecule has 1 amide bonds. The number of rotatable bonds is 68. The molecular formula is C77H147NO10. The minimum atomic E-state index is -1.67. The van der Waals surface area contributed by atoms with Crippen LogP contribution in [0.1, 0.15) is 380 Å².